The molecule has 1 rings (SSSR count). The summed E-state index contributed by atoms with van der Waals surface area (Å²) in [6.07, 6.45) is 6.65. The van der Waals surface area contributed by atoms with Crippen LogP contribution < -0.4 is 5.32 Å². The first-order chi connectivity index (χ1) is 5.74. The van der Waals surface area contributed by atoms with E-state index in [1.807, 2.05) is 13.1 Å². The Morgan fingerprint density at radius 2 is 2.33 bits per heavy atom. The predicted octanol–water partition coefficient (Wildman–Crippen LogP) is 0.689. The normalized spacial score (nSPS) is 19.9. The molecule has 0 radical (unpaired) electrons. The molecule has 0 unspecified atom stereocenters. The first kappa shape index (κ1) is 8.74. The van der Waals surface area contributed by atoms with E-state index in [2.05, 4.69) is 5.32 Å². The molecular formula is C9H12NO2+. The maximum atomic E-state index is 9.11. The summed E-state index contributed by atoms with van der Waals surface area (Å²) in [5.41, 5.74) is 0.889. The lowest BCUT2D eigenvalue weighted by Gasteiger charge is -1.99. The van der Waals surface area contributed by atoms with Crippen LogP contribution in [0.5, 0.6) is 0 Å². The molecule has 0 spiro atoms. The minimum atomic E-state index is -0.0865. The fraction of sp³-hybridized carbons (Fsp3) is 0.222. The van der Waals surface area contributed by atoms with E-state index in [-0.39, 0.29) is 11.5 Å². The minimum absolute atomic E-state index is 0.0835. The van der Waals surface area contributed by atoms with Crippen LogP contribution in [0, 0.1) is 0 Å². The monoisotopic (exact) mass is 166 g/mol. The molecule has 0 aliphatic heterocycles. The minimum Gasteiger partial charge on any atom is -0.500 e. The molecule has 0 atom stereocenters. The lowest BCUT2D eigenvalue weighted by molar-refractivity contribution is 0.432. The molecule has 0 aromatic heterocycles. The van der Waals surface area contributed by atoms with E-state index in [0.717, 1.165) is 12.1 Å². The molecule has 0 bridgehead atoms. The summed E-state index contributed by atoms with van der Waals surface area (Å²) >= 11 is 0. The first-order valence-corrected chi connectivity index (χ1v) is 3.74. The highest BCUT2D eigenvalue weighted by Crippen LogP contribution is 2.09. The molecule has 3 N–H and O–H groups in total. The van der Waals surface area contributed by atoms with Crippen molar-refractivity contribution in [2.24, 2.45) is 0 Å². The average Bonchev–Trinajstić information content (AvgIpc) is 2.07. The van der Waals surface area contributed by atoms with Crippen LogP contribution in [0.3, 0.4) is 0 Å². The van der Waals surface area contributed by atoms with Crippen molar-refractivity contribution in [1.29, 1.82) is 0 Å². The Morgan fingerprint density at radius 1 is 1.58 bits per heavy atom. The molecule has 1 aliphatic carbocycles. The van der Waals surface area contributed by atoms with Crippen LogP contribution in [0.15, 0.2) is 35.6 Å². The lowest BCUT2D eigenvalue weighted by atomic mass is 10.1. The van der Waals surface area contributed by atoms with E-state index in [4.69, 9.17) is 9.90 Å². The van der Waals surface area contributed by atoms with E-state index in [1.165, 1.54) is 12.2 Å². The predicted molar refractivity (Wildman–Crippen MR) is 48.8 cm³/mol. The van der Waals surface area contributed by atoms with Crippen LogP contribution in [0.2, 0.25) is 0 Å². The van der Waals surface area contributed by atoms with E-state index < -0.39 is 0 Å². The first-order valence-electron chi connectivity index (χ1n) is 3.74. The zero-order chi connectivity index (χ0) is 8.97. The summed E-state index contributed by atoms with van der Waals surface area (Å²) in [5, 5.41) is 12.1. The number of aliphatic hydroxyl groups excluding tert-OH is 1. The van der Waals surface area contributed by atoms with Gasteiger partial charge < -0.3 is 10.4 Å². The Morgan fingerprint density at radius 3 is 2.92 bits per heavy atom. The fourth-order valence-corrected chi connectivity index (χ4v) is 0.887. The third kappa shape index (κ3) is 2.07. The fourth-order valence-electron chi connectivity index (χ4n) is 0.887. The maximum absolute atomic E-state index is 9.11. The number of likely N-dealkylation sites (N-methyl/N-ethyl adjacent to an activating group) is 1. The molecule has 64 valence electrons. The summed E-state index contributed by atoms with van der Waals surface area (Å²) in [4.78, 5) is 8.99. The number of hydrogen-bond acceptors (Lipinski definition) is 2. The van der Waals surface area contributed by atoms with Crippen molar-refractivity contribution in [2.75, 3.05) is 13.6 Å². The average molecular weight is 166 g/mol. The zero-order valence-corrected chi connectivity index (χ0v) is 6.91. The highest BCUT2D eigenvalue weighted by Gasteiger charge is 2.14. The van der Waals surface area contributed by atoms with Gasteiger partial charge in [-0.2, -0.15) is 0 Å². The SMILES string of the molecule is CNC/C=C1\C=CC(=[OH+])C(O)=C1. The van der Waals surface area contributed by atoms with E-state index in [9.17, 15) is 0 Å². The second-order valence-corrected chi connectivity index (χ2v) is 2.51. The number of allylic oxidation sites excluding steroid dienone is 4. The molecule has 0 amide bonds. The Kier molecular flexibility index (Phi) is 2.82. The van der Waals surface area contributed by atoms with Crippen LogP contribution in [0.1, 0.15) is 0 Å². The van der Waals surface area contributed by atoms with Gasteiger partial charge in [0.15, 0.2) is 0 Å². The largest absolute Gasteiger partial charge is 0.500 e. The smallest absolute Gasteiger partial charge is 0.381 e. The highest BCUT2D eigenvalue weighted by molar-refractivity contribution is 6.04. The van der Waals surface area contributed by atoms with Gasteiger partial charge in [0.1, 0.15) is 0 Å². The number of ketones is 1. The lowest BCUT2D eigenvalue weighted by Crippen LogP contribution is -2.07. The van der Waals surface area contributed by atoms with Gasteiger partial charge in [0.05, 0.1) is 0 Å². The summed E-state index contributed by atoms with van der Waals surface area (Å²) in [6, 6.07) is 0. The van der Waals surface area contributed by atoms with Gasteiger partial charge in [-0.1, -0.05) is 6.08 Å². The quantitative estimate of drug-likeness (QED) is 0.593. The van der Waals surface area contributed by atoms with Gasteiger partial charge in [0.25, 0.3) is 0 Å². The van der Waals surface area contributed by atoms with Crippen LogP contribution in [0.25, 0.3) is 0 Å². The summed E-state index contributed by atoms with van der Waals surface area (Å²) in [7, 11) is 1.84. The van der Waals surface area contributed by atoms with Gasteiger partial charge in [0.2, 0.25) is 5.76 Å². The van der Waals surface area contributed by atoms with Crippen molar-refractivity contribution in [3.05, 3.63) is 35.6 Å². The van der Waals surface area contributed by atoms with Gasteiger partial charge in [-0.05, 0) is 24.8 Å². The van der Waals surface area contributed by atoms with Crippen LogP contribution in [-0.4, -0.2) is 29.3 Å². The van der Waals surface area contributed by atoms with Crippen molar-refractivity contribution in [3.8, 4) is 0 Å². The van der Waals surface area contributed by atoms with Crippen LogP contribution in [-0.2, 0) is 0 Å². The van der Waals surface area contributed by atoms with E-state index in [0.29, 0.717) is 0 Å². The maximum Gasteiger partial charge on any atom is 0.381 e. The Bertz CT molecular complexity index is 274. The van der Waals surface area contributed by atoms with Gasteiger partial charge in [-0.15, -0.1) is 0 Å². The molecule has 0 saturated carbocycles. The second-order valence-electron chi connectivity index (χ2n) is 2.51. The van der Waals surface area contributed by atoms with E-state index >= 15 is 0 Å². The molecule has 1 aliphatic rings. The zero-order valence-electron chi connectivity index (χ0n) is 6.91. The number of hydrogen-bond donors (Lipinski definition) is 2. The molecule has 0 fully saturated rings. The number of carbonyl (C=O) groups excluding carboxylic acids is 1. The van der Waals surface area contributed by atoms with Crippen molar-refractivity contribution >= 4 is 5.78 Å². The molecule has 12 heavy (non-hydrogen) atoms. The number of aliphatic hydroxyl groups is 1. The van der Waals surface area contributed by atoms with E-state index in [1.54, 1.807) is 6.08 Å². The second kappa shape index (κ2) is 3.88. The molecule has 0 aromatic carbocycles. The van der Waals surface area contributed by atoms with Gasteiger partial charge in [0, 0.05) is 12.6 Å². The molecule has 0 saturated heterocycles. The highest BCUT2D eigenvalue weighted by atomic mass is 16.3. The Hall–Kier alpha value is -1.35. The molecule has 0 aromatic rings. The van der Waals surface area contributed by atoms with Crippen molar-refractivity contribution in [3.63, 3.8) is 0 Å². The summed E-state index contributed by atoms with van der Waals surface area (Å²) in [5.74, 6) is -0.170. The molecule has 3 nitrogen and oxygen atoms in total. The summed E-state index contributed by atoms with van der Waals surface area (Å²) in [6.45, 7) is 0.740. The van der Waals surface area contributed by atoms with Gasteiger partial charge in [-0.3, -0.25) is 4.79 Å². The standard InChI is InChI=1S/C9H11NO2/c1-10-5-4-7-2-3-8(11)9(12)6-7/h2-4,6,10,12H,5H2,1H3/p+1/b7-4+. The number of rotatable bonds is 2. The molecule has 0 heterocycles. The molecule has 3 heteroatoms. The Balaban J connectivity index is 2.72. The van der Waals surface area contributed by atoms with Crippen LogP contribution in [0.4, 0.5) is 0 Å². The van der Waals surface area contributed by atoms with Crippen molar-refractivity contribution in [2.45, 2.75) is 0 Å². The van der Waals surface area contributed by atoms with Crippen molar-refractivity contribution in [1.82, 2.24) is 5.32 Å². The molecular weight excluding hydrogens is 154 g/mol. The van der Waals surface area contributed by atoms with Crippen LogP contribution >= 0.6 is 0 Å². The van der Waals surface area contributed by atoms with Gasteiger partial charge >= 0.3 is 5.78 Å². The number of nitrogens with one attached hydrogen (secondary N) is 1. The third-order valence-electron chi connectivity index (χ3n) is 1.54. The van der Waals surface area contributed by atoms with Crippen molar-refractivity contribution < 1.29 is 9.90 Å². The topological polar surface area (TPSA) is 53.7 Å². The Labute approximate surface area is 71.1 Å². The van der Waals surface area contributed by atoms with Gasteiger partial charge in [-0.25, -0.2) is 0 Å². The third-order valence-corrected chi connectivity index (χ3v) is 1.54. The summed E-state index contributed by atoms with van der Waals surface area (Å²) < 4.78 is 0.